The Morgan fingerprint density at radius 2 is 1.79 bits per heavy atom. The fourth-order valence-electron chi connectivity index (χ4n) is 2.88. The highest BCUT2D eigenvalue weighted by Crippen LogP contribution is 2.19. The molecule has 1 aliphatic heterocycles. The molecular formula is C19H20N2O3. The molecule has 1 N–H and O–H groups in total. The lowest BCUT2D eigenvalue weighted by atomic mass is 10.00. The Morgan fingerprint density at radius 1 is 1.08 bits per heavy atom. The average molecular weight is 324 g/mol. The van der Waals surface area contributed by atoms with Crippen molar-refractivity contribution in [2.45, 2.75) is 13.0 Å². The van der Waals surface area contributed by atoms with E-state index < -0.39 is 5.97 Å². The first-order valence-corrected chi connectivity index (χ1v) is 7.97. The lowest BCUT2D eigenvalue weighted by Crippen LogP contribution is -2.38. The summed E-state index contributed by atoms with van der Waals surface area (Å²) in [4.78, 5) is 26.2. The van der Waals surface area contributed by atoms with Gasteiger partial charge in [0, 0.05) is 25.8 Å². The number of nitrogens with one attached hydrogen (secondary N) is 1. The van der Waals surface area contributed by atoms with Crippen LogP contribution in [0.1, 0.15) is 21.5 Å². The minimum Gasteiger partial charge on any atom is -0.452 e. The predicted octanol–water partition coefficient (Wildman–Crippen LogP) is 2.47. The Bertz CT molecular complexity index is 758. The number of nitrogens with zero attached hydrogens (tertiary/aromatic N) is 1. The number of hydrogen-bond donors (Lipinski definition) is 1. The molecule has 1 aliphatic rings. The van der Waals surface area contributed by atoms with Gasteiger partial charge in [-0.2, -0.15) is 0 Å². The Hall–Kier alpha value is -2.82. The third-order valence-electron chi connectivity index (χ3n) is 4.23. The molecule has 0 spiro atoms. The molecule has 5 nitrogen and oxygen atoms in total. The molecule has 5 heteroatoms. The highest BCUT2D eigenvalue weighted by atomic mass is 16.5. The van der Waals surface area contributed by atoms with E-state index in [1.54, 1.807) is 30.1 Å². The van der Waals surface area contributed by atoms with E-state index in [1.807, 2.05) is 24.3 Å². The molecule has 0 aliphatic carbocycles. The standard InChI is InChI=1S/C19H20N2O3/c1-20-17-9-5-4-8-16(17)19(23)24-13-18(22)21-11-10-14-6-2-3-7-15(14)12-21/h2-9,20H,10-13H2,1H3. The van der Waals surface area contributed by atoms with Crippen LogP contribution in [0.4, 0.5) is 5.69 Å². The molecule has 0 radical (unpaired) electrons. The van der Waals surface area contributed by atoms with Crippen molar-refractivity contribution in [2.75, 3.05) is 25.5 Å². The number of carbonyl (C=O) groups is 2. The van der Waals surface area contributed by atoms with Gasteiger partial charge in [0.1, 0.15) is 0 Å². The second kappa shape index (κ2) is 7.17. The molecule has 0 saturated heterocycles. The lowest BCUT2D eigenvalue weighted by molar-refractivity contribution is -0.135. The fraction of sp³-hybridized carbons (Fsp3) is 0.263. The van der Waals surface area contributed by atoms with Crippen LogP contribution >= 0.6 is 0 Å². The second-order valence-electron chi connectivity index (χ2n) is 5.71. The molecule has 0 unspecified atom stereocenters. The fourth-order valence-corrected chi connectivity index (χ4v) is 2.88. The van der Waals surface area contributed by atoms with Crippen LogP contribution in [0.2, 0.25) is 0 Å². The number of benzene rings is 2. The molecule has 124 valence electrons. The molecule has 24 heavy (non-hydrogen) atoms. The van der Waals surface area contributed by atoms with Crippen molar-refractivity contribution in [1.82, 2.24) is 4.90 Å². The van der Waals surface area contributed by atoms with Crippen molar-refractivity contribution in [2.24, 2.45) is 0 Å². The van der Waals surface area contributed by atoms with Gasteiger partial charge in [0.2, 0.25) is 0 Å². The molecule has 0 bridgehead atoms. The quantitative estimate of drug-likeness (QED) is 0.878. The molecule has 0 saturated carbocycles. The Labute approximate surface area is 141 Å². The summed E-state index contributed by atoms with van der Waals surface area (Å²) in [6, 6.07) is 15.2. The van der Waals surface area contributed by atoms with Gasteiger partial charge in [0.15, 0.2) is 6.61 Å². The van der Waals surface area contributed by atoms with E-state index in [0.717, 1.165) is 12.0 Å². The SMILES string of the molecule is CNc1ccccc1C(=O)OCC(=O)N1CCc2ccccc2C1. The molecule has 0 atom stereocenters. The van der Waals surface area contributed by atoms with Crippen LogP contribution in [0.25, 0.3) is 0 Å². The van der Waals surface area contributed by atoms with E-state index in [1.165, 1.54) is 5.56 Å². The number of fused-ring (bicyclic) bond motifs is 1. The van der Waals surface area contributed by atoms with Crippen LogP contribution in [-0.4, -0.2) is 37.0 Å². The number of amides is 1. The molecule has 0 fully saturated rings. The molecular weight excluding hydrogens is 304 g/mol. The van der Waals surface area contributed by atoms with Crippen molar-refractivity contribution in [3.8, 4) is 0 Å². The van der Waals surface area contributed by atoms with Crippen molar-refractivity contribution in [1.29, 1.82) is 0 Å². The van der Waals surface area contributed by atoms with Crippen molar-refractivity contribution in [3.05, 3.63) is 65.2 Å². The van der Waals surface area contributed by atoms with E-state index in [0.29, 0.717) is 24.3 Å². The zero-order chi connectivity index (χ0) is 16.9. The van der Waals surface area contributed by atoms with E-state index in [4.69, 9.17) is 4.74 Å². The number of hydrogen-bond acceptors (Lipinski definition) is 4. The van der Waals surface area contributed by atoms with Crippen molar-refractivity contribution in [3.63, 3.8) is 0 Å². The van der Waals surface area contributed by atoms with E-state index in [2.05, 4.69) is 11.4 Å². The van der Waals surface area contributed by atoms with Gasteiger partial charge in [-0.25, -0.2) is 4.79 Å². The zero-order valence-electron chi connectivity index (χ0n) is 13.6. The van der Waals surface area contributed by atoms with Crippen LogP contribution in [-0.2, 0) is 22.5 Å². The largest absolute Gasteiger partial charge is 0.452 e. The van der Waals surface area contributed by atoms with Gasteiger partial charge < -0.3 is 15.0 Å². The Kier molecular flexibility index (Phi) is 4.79. The van der Waals surface area contributed by atoms with Gasteiger partial charge in [0.05, 0.1) is 5.56 Å². The lowest BCUT2D eigenvalue weighted by Gasteiger charge is -2.28. The molecule has 1 amide bonds. The van der Waals surface area contributed by atoms with Gasteiger partial charge in [-0.05, 0) is 29.7 Å². The summed E-state index contributed by atoms with van der Waals surface area (Å²) < 4.78 is 5.20. The zero-order valence-corrected chi connectivity index (χ0v) is 13.6. The average Bonchev–Trinajstić information content (AvgIpc) is 2.65. The normalized spacial score (nSPS) is 13.1. The maximum atomic E-state index is 12.3. The molecule has 2 aromatic rings. The van der Waals surface area contributed by atoms with E-state index >= 15 is 0 Å². The Morgan fingerprint density at radius 3 is 2.58 bits per heavy atom. The summed E-state index contributed by atoms with van der Waals surface area (Å²) in [6.07, 6.45) is 0.832. The smallest absolute Gasteiger partial charge is 0.340 e. The maximum Gasteiger partial charge on any atom is 0.340 e. The number of rotatable bonds is 4. The summed E-state index contributed by atoms with van der Waals surface area (Å²) in [7, 11) is 1.74. The number of para-hydroxylation sites is 1. The van der Waals surface area contributed by atoms with Gasteiger partial charge in [0.25, 0.3) is 5.91 Å². The number of anilines is 1. The molecule has 2 aromatic carbocycles. The summed E-state index contributed by atoms with van der Waals surface area (Å²) in [5, 5.41) is 2.94. The summed E-state index contributed by atoms with van der Waals surface area (Å²) >= 11 is 0. The van der Waals surface area contributed by atoms with Gasteiger partial charge in [-0.15, -0.1) is 0 Å². The summed E-state index contributed by atoms with van der Waals surface area (Å²) in [6.45, 7) is 0.985. The second-order valence-corrected chi connectivity index (χ2v) is 5.71. The van der Waals surface area contributed by atoms with Crippen LogP contribution in [0, 0.1) is 0 Å². The van der Waals surface area contributed by atoms with Gasteiger partial charge >= 0.3 is 5.97 Å². The van der Waals surface area contributed by atoms with Crippen LogP contribution in [0.5, 0.6) is 0 Å². The predicted molar refractivity (Wildman–Crippen MR) is 91.8 cm³/mol. The summed E-state index contributed by atoms with van der Waals surface area (Å²) in [5.41, 5.74) is 3.55. The van der Waals surface area contributed by atoms with Gasteiger partial charge in [-0.3, -0.25) is 4.79 Å². The minimum atomic E-state index is -0.495. The molecule has 0 aromatic heterocycles. The maximum absolute atomic E-state index is 12.3. The third-order valence-corrected chi connectivity index (χ3v) is 4.23. The third kappa shape index (κ3) is 3.40. The number of carbonyl (C=O) groups excluding carboxylic acids is 2. The first kappa shape index (κ1) is 16.1. The van der Waals surface area contributed by atoms with Gasteiger partial charge in [-0.1, -0.05) is 36.4 Å². The first-order chi connectivity index (χ1) is 11.7. The van der Waals surface area contributed by atoms with Crippen LogP contribution in [0.15, 0.2) is 48.5 Å². The Balaban J connectivity index is 1.59. The van der Waals surface area contributed by atoms with Crippen LogP contribution < -0.4 is 5.32 Å². The first-order valence-electron chi connectivity index (χ1n) is 7.97. The molecule has 1 heterocycles. The number of ether oxygens (including phenoxy) is 1. The minimum absolute atomic E-state index is 0.167. The molecule has 3 rings (SSSR count). The highest BCUT2D eigenvalue weighted by molar-refractivity contribution is 5.96. The monoisotopic (exact) mass is 324 g/mol. The number of esters is 1. The van der Waals surface area contributed by atoms with E-state index in [-0.39, 0.29) is 12.5 Å². The highest BCUT2D eigenvalue weighted by Gasteiger charge is 2.22. The van der Waals surface area contributed by atoms with Crippen molar-refractivity contribution < 1.29 is 14.3 Å². The van der Waals surface area contributed by atoms with E-state index in [9.17, 15) is 9.59 Å². The van der Waals surface area contributed by atoms with Crippen molar-refractivity contribution >= 4 is 17.6 Å². The summed E-state index contributed by atoms with van der Waals surface area (Å²) in [5.74, 6) is -0.662. The van der Waals surface area contributed by atoms with Crippen LogP contribution in [0.3, 0.4) is 0 Å². The topological polar surface area (TPSA) is 58.6 Å².